The van der Waals surface area contributed by atoms with Crippen molar-refractivity contribution >= 4 is 0 Å². The molecule has 0 aromatic carbocycles. The van der Waals surface area contributed by atoms with Crippen LogP contribution in [0.3, 0.4) is 0 Å². The van der Waals surface area contributed by atoms with Crippen LogP contribution in [0.25, 0.3) is 0 Å². The third-order valence-corrected chi connectivity index (χ3v) is 1.76. The van der Waals surface area contributed by atoms with Gasteiger partial charge >= 0.3 is 0 Å². The summed E-state index contributed by atoms with van der Waals surface area (Å²) in [6, 6.07) is 0. The molecule has 3 N–H and O–H groups in total. The van der Waals surface area contributed by atoms with Crippen LogP contribution in [0, 0.1) is 5.92 Å². The molecule has 2 heteroatoms. The Kier molecular flexibility index (Phi) is 2.49. The summed E-state index contributed by atoms with van der Waals surface area (Å²) in [4.78, 5) is 0. The summed E-state index contributed by atoms with van der Waals surface area (Å²) < 4.78 is 0. The first-order valence-corrected chi connectivity index (χ1v) is 3.83. The lowest BCUT2D eigenvalue weighted by atomic mass is 10.3. The van der Waals surface area contributed by atoms with Gasteiger partial charge in [0.05, 0.1) is 6.17 Å². The van der Waals surface area contributed by atoms with E-state index in [2.05, 4.69) is 12.2 Å². The molecule has 54 valence electrons. The molecular weight excluding hydrogens is 112 g/mol. The van der Waals surface area contributed by atoms with Crippen LogP contribution in [0.5, 0.6) is 0 Å². The van der Waals surface area contributed by atoms with Gasteiger partial charge in [-0.3, -0.25) is 0 Å². The lowest BCUT2D eigenvalue weighted by molar-refractivity contribution is 0.477. The van der Waals surface area contributed by atoms with E-state index in [-0.39, 0.29) is 6.17 Å². The Morgan fingerprint density at radius 2 is 2.33 bits per heavy atom. The number of nitrogens with one attached hydrogen (secondary N) is 1. The Morgan fingerprint density at radius 3 is 2.78 bits per heavy atom. The molecule has 1 saturated carbocycles. The van der Waals surface area contributed by atoms with Crippen molar-refractivity contribution in [1.82, 2.24) is 5.32 Å². The first kappa shape index (κ1) is 7.03. The van der Waals surface area contributed by atoms with E-state index in [0.717, 1.165) is 12.5 Å². The van der Waals surface area contributed by atoms with E-state index in [0.29, 0.717) is 0 Å². The molecule has 1 rings (SSSR count). The Balaban J connectivity index is 1.96. The monoisotopic (exact) mass is 128 g/mol. The molecule has 0 amide bonds. The molecule has 1 fully saturated rings. The summed E-state index contributed by atoms with van der Waals surface area (Å²) in [6.45, 7) is 3.23. The van der Waals surface area contributed by atoms with Gasteiger partial charge in [0.2, 0.25) is 0 Å². The van der Waals surface area contributed by atoms with Crippen molar-refractivity contribution in [3.05, 3.63) is 0 Å². The van der Waals surface area contributed by atoms with Gasteiger partial charge in [-0.05, 0) is 31.7 Å². The van der Waals surface area contributed by atoms with Crippen LogP contribution in [0.1, 0.15) is 26.2 Å². The second kappa shape index (κ2) is 3.18. The van der Waals surface area contributed by atoms with Gasteiger partial charge in [0.1, 0.15) is 0 Å². The first-order valence-electron chi connectivity index (χ1n) is 3.83. The summed E-state index contributed by atoms with van der Waals surface area (Å²) in [5.41, 5.74) is 5.75. The minimum Gasteiger partial charge on any atom is -0.316 e. The average Bonchev–Trinajstić information content (AvgIpc) is 2.63. The summed E-state index contributed by atoms with van der Waals surface area (Å²) in [7, 11) is 0. The van der Waals surface area contributed by atoms with Crippen LogP contribution in [-0.2, 0) is 0 Å². The normalized spacial score (nSPS) is 22.0. The van der Waals surface area contributed by atoms with Crippen molar-refractivity contribution in [1.29, 1.82) is 0 Å². The highest BCUT2D eigenvalue weighted by molar-refractivity contribution is 4.81. The van der Waals surface area contributed by atoms with E-state index in [4.69, 9.17) is 5.73 Å². The van der Waals surface area contributed by atoms with Gasteiger partial charge in [-0.25, -0.2) is 0 Å². The molecule has 0 aliphatic heterocycles. The van der Waals surface area contributed by atoms with Gasteiger partial charge in [0, 0.05) is 0 Å². The molecular formula is C7H16N2. The molecule has 1 aliphatic rings. The van der Waals surface area contributed by atoms with E-state index >= 15 is 0 Å². The molecule has 0 radical (unpaired) electrons. The number of hydrogen-bond acceptors (Lipinski definition) is 2. The molecule has 0 heterocycles. The van der Waals surface area contributed by atoms with Crippen LogP contribution < -0.4 is 11.1 Å². The summed E-state index contributed by atoms with van der Waals surface area (Å²) in [5.74, 6) is 0.788. The Labute approximate surface area is 56.8 Å². The van der Waals surface area contributed by atoms with Crippen molar-refractivity contribution in [2.24, 2.45) is 11.7 Å². The second-order valence-electron chi connectivity index (χ2n) is 2.82. The van der Waals surface area contributed by atoms with Crippen molar-refractivity contribution < 1.29 is 0 Å². The van der Waals surface area contributed by atoms with E-state index in [9.17, 15) is 0 Å². The van der Waals surface area contributed by atoms with Gasteiger partial charge in [-0.1, -0.05) is 6.92 Å². The predicted octanol–water partition coefficient (Wildman–Crippen LogP) is 0.681. The lowest BCUT2D eigenvalue weighted by Crippen LogP contribution is -2.39. The highest BCUT2D eigenvalue weighted by Crippen LogP contribution is 2.30. The maximum atomic E-state index is 5.75. The highest BCUT2D eigenvalue weighted by Gasteiger charge is 2.27. The molecule has 1 unspecified atom stereocenters. The topological polar surface area (TPSA) is 38.0 Å². The number of nitrogens with two attached hydrogens (primary N) is 1. The average molecular weight is 128 g/mol. The Morgan fingerprint density at radius 1 is 1.67 bits per heavy atom. The van der Waals surface area contributed by atoms with Crippen molar-refractivity contribution in [3.8, 4) is 0 Å². The zero-order valence-electron chi connectivity index (χ0n) is 6.06. The highest BCUT2D eigenvalue weighted by atomic mass is 15.0. The van der Waals surface area contributed by atoms with Crippen LogP contribution in [-0.4, -0.2) is 12.7 Å². The molecule has 9 heavy (non-hydrogen) atoms. The molecule has 1 aliphatic carbocycles. The largest absolute Gasteiger partial charge is 0.316 e. The molecule has 0 aromatic rings. The molecule has 0 saturated heterocycles. The van der Waals surface area contributed by atoms with E-state index in [1.54, 1.807) is 0 Å². The fraction of sp³-hybridized carbons (Fsp3) is 1.00. The smallest absolute Gasteiger partial charge is 0.0575 e. The SMILES string of the molecule is CCCNC(N)C1CC1. The summed E-state index contributed by atoms with van der Waals surface area (Å²) in [5, 5.41) is 3.27. The maximum absolute atomic E-state index is 5.75. The lowest BCUT2D eigenvalue weighted by Gasteiger charge is -2.10. The van der Waals surface area contributed by atoms with E-state index < -0.39 is 0 Å². The molecule has 0 aromatic heterocycles. The third kappa shape index (κ3) is 2.33. The van der Waals surface area contributed by atoms with Crippen LogP contribution in [0.2, 0.25) is 0 Å². The Hall–Kier alpha value is -0.0800. The Bertz CT molecular complexity index is 79.0. The minimum absolute atomic E-state index is 0.282. The zero-order valence-corrected chi connectivity index (χ0v) is 6.06. The van der Waals surface area contributed by atoms with Crippen LogP contribution >= 0.6 is 0 Å². The van der Waals surface area contributed by atoms with Gasteiger partial charge < -0.3 is 11.1 Å². The van der Waals surface area contributed by atoms with Crippen molar-refractivity contribution in [3.63, 3.8) is 0 Å². The fourth-order valence-electron chi connectivity index (χ4n) is 0.933. The van der Waals surface area contributed by atoms with E-state index in [1.807, 2.05) is 0 Å². The molecule has 1 atom stereocenters. The first-order chi connectivity index (χ1) is 4.34. The van der Waals surface area contributed by atoms with Gasteiger partial charge in [0.25, 0.3) is 0 Å². The van der Waals surface area contributed by atoms with Gasteiger partial charge in [-0.15, -0.1) is 0 Å². The summed E-state index contributed by atoms with van der Waals surface area (Å²) in [6.07, 6.45) is 4.13. The van der Waals surface area contributed by atoms with E-state index in [1.165, 1.54) is 19.3 Å². The van der Waals surface area contributed by atoms with Gasteiger partial charge in [-0.2, -0.15) is 0 Å². The quantitative estimate of drug-likeness (QED) is 0.546. The standard InChI is InChI=1S/C7H16N2/c1-2-5-9-7(8)6-3-4-6/h6-7,9H,2-5,8H2,1H3. The molecule has 2 nitrogen and oxygen atoms in total. The molecule has 0 bridgehead atoms. The van der Waals surface area contributed by atoms with Crippen molar-refractivity contribution in [2.45, 2.75) is 32.4 Å². The van der Waals surface area contributed by atoms with Gasteiger partial charge in [0.15, 0.2) is 0 Å². The van der Waals surface area contributed by atoms with Crippen LogP contribution in [0.4, 0.5) is 0 Å². The number of rotatable bonds is 4. The number of hydrogen-bond donors (Lipinski definition) is 2. The van der Waals surface area contributed by atoms with Crippen LogP contribution in [0.15, 0.2) is 0 Å². The van der Waals surface area contributed by atoms with Crippen molar-refractivity contribution in [2.75, 3.05) is 6.54 Å². The third-order valence-electron chi connectivity index (χ3n) is 1.76. The predicted molar refractivity (Wildman–Crippen MR) is 39.0 cm³/mol. The minimum atomic E-state index is 0.282. The fourth-order valence-corrected chi connectivity index (χ4v) is 0.933. The summed E-state index contributed by atoms with van der Waals surface area (Å²) >= 11 is 0. The second-order valence-corrected chi connectivity index (χ2v) is 2.82. The zero-order chi connectivity index (χ0) is 6.69. The molecule has 0 spiro atoms. The maximum Gasteiger partial charge on any atom is 0.0575 e.